The zero-order valence-corrected chi connectivity index (χ0v) is 11.7. The van der Waals surface area contributed by atoms with Crippen LogP contribution in [0.2, 0.25) is 0 Å². The van der Waals surface area contributed by atoms with Gasteiger partial charge in [0, 0.05) is 6.54 Å². The number of guanidine groups is 1. The van der Waals surface area contributed by atoms with E-state index in [1.54, 1.807) is 0 Å². The molecular weight excluding hydrogens is 226 g/mol. The van der Waals surface area contributed by atoms with Crippen LogP contribution in [0.3, 0.4) is 0 Å². The van der Waals surface area contributed by atoms with Gasteiger partial charge in [-0.05, 0) is 43.4 Å². The van der Waals surface area contributed by atoms with E-state index in [4.69, 9.17) is 5.73 Å². The second-order valence-corrected chi connectivity index (χ2v) is 6.65. The highest BCUT2D eigenvalue weighted by Crippen LogP contribution is 2.45. The highest BCUT2D eigenvalue weighted by molar-refractivity contribution is 5.77. The first-order valence-electron chi connectivity index (χ1n) is 7.19. The van der Waals surface area contributed by atoms with Crippen molar-refractivity contribution < 1.29 is 5.11 Å². The molecule has 0 bridgehead atoms. The van der Waals surface area contributed by atoms with E-state index in [0.717, 1.165) is 31.7 Å². The lowest BCUT2D eigenvalue weighted by Crippen LogP contribution is -2.44. The lowest BCUT2D eigenvalue weighted by molar-refractivity contribution is -0.0335. The quantitative estimate of drug-likeness (QED) is 0.527. The first-order valence-corrected chi connectivity index (χ1v) is 7.19. The average molecular weight is 253 g/mol. The van der Waals surface area contributed by atoms with Crippen LogP contribution in [0, 0.1) is 11.3 Å². The second-order valence-electron chi connectivity index (χ2n) is 6.65. The Hall–Kier alpha value is -0.770. The SMILES string of the molecule is CC1(C)CCCC1(O)CN=C(N)NCC1CCC1. The van der Waals surface area contributed by atoms with Gasteiger partial charge in [-0.3, -0.25) is 4.99 Å². The van der Waals surface area contributed by atoms with Gasteiger partial charge in [0.1, 0.15) is 0 Å². The van der Waals surface area contributed by atoms with Crippen molar-refractivity contribution in [1.29, 1.82) is 0 Å². The summed E-state index contributed by atoms with van der Waals surface area (Å²) in [7, 11) is 0. The van der Waals surface area contributed by atoms with Crippen molar-refractivity contribution in [3.05, 3.63) is 0 Å². The summed E-state index contributed by atoms with van der Waals surface area (Å²) in [6.45, 7) is 5.58. The van der Waals surface area contributed by atoms with E-state index in [1.807, 2.05) is 0 Å². The van der Waals surface area contributed by atoms with E-state index in [1.165, 1.54) is 19.3 Å². The van der Waals surface area contributed by atoms with E-state index in [-0.39, 0.29) is 5.41 Å². The Morgan fingerprint density at radius 1 is 1.33 bits per heavy atom. The minimum absolute atomic E-state index is 0.0508. The third-order valence-corrected chi connectivity index (χ3v) is 4.96. The van der Waals surface area contributed by atoms with Crippen LogP contribution in [0.5, 0.6) is 0 Å². The summed E-state index contributed by atoms with van der Waals surface area (Å²) in [5.41, 5.74) is 5.12. The summed E-state index contributed by atoms with van der Waals surface area (Å²) >= 11 is 0. The molecule has 4 nitrogen and oxygen atoms in total. The van der Waals surface area contributed by atoms with Crippen molar-refractivity contribution in [2.45, 2.75) is 58.0 Å². The fourth-order valence-electron chi connectivity index (χ4n) is 2.90. The molecule has 0 saturated heterocycles. The number of nitrogens with zero attached hydrogens (tertiary/aromatic N) is 1. The first-order chi connectivity index (χ1) is 8.43. The molecule has 2 fully saturated rings. The van der Waals surface area contributed by atoms with Crippen LogP contribution in [-0.2, 0) is 0 Å². The summed E-state index contributed by atoms with van der Waals surface area (Å²) in [6, 6.07) is 0. The van der Waals surface area contributed by atoms with E-state index in [2.05, 4.69) is 24.2 Å². The van der Waals surface area contributed by atoms with Gasteiger partial charge in [0.2, 0.25) is 0 Å². The van der Waals surface area contributed by atoms with Gasteiger partial charge in [-0.2, -0.15) is 0 Å². The Balaban J connectivity index is 1.81. The highest BCUT2D eigenvalue weighted by Gasteiger charge is 2.47. The number of hydrogen-bond donors (Lipinski definition) is 3. The minimum Gasteiger partial charge on any atom is -0.387 e. The smallest absolute Gasteiger partial charge is 0.188 e. The molecule has 0 aromatic heterocycles. The van der Waals surface area contributed by atoms with E-state index >= 15 is 0 Å². The van der Waals surface area contributed by atoms with Crippen molar-refractivity contribution in [1.82, 2.24) is 5.32 Å². The number of aliphatic imine (C=N–C) groups is 1. The topological polar surface area (TPSA) is 70.6 Å². The van der Waals surface area contributed by atoms with E-state index in [0.29, 0.717) is 12.5 Å². The predicted octanol–water partition coefficient (Wildman–Crippen LogP) is 1.63. The molecule has 0 aromatic carbocycles. The zero-order valence-electron chi connectivity index (χ0n) is 11.7. The van der Waals surface area contributed by atoms with E-state index < -0.39 is 5.60 Å². The molecule has 104 valence electrons. The summed E-state index contributed by atoms with van der Waals surface area (Å²) in [4.78, 5) is 4.34. The van der Waals surface area contributed by atoms with Gasteiger partial charge < -0.3 is 16.2 Å². The molecule has 4 N–H and O–H groups in total. The van der Waals surface area contributed by atoms with Crippen molar-refractivity contribution in [2.24, 2.45) is 22.1 Å². The molecule has 2 aliphatic rings. The number of aliphatic hydroxyl groups is 1. The molecular formula is C14H27N3O. The molecule has 4 heteroatoms. The molecule has 1 unspecified atom stereocenters. The third-order valence-electron chi connectivity index (χ3n) is 4.96. The molecule has 0 spiro atoms. The fourth-order valence-corrected chi connectivity index (χ4v) is 2.90. The lowest BCUT2D eigenvalue weighted by Gasteiger charge is -2.35. The van der Waals surface area contributed by atoms with Crippen molar-refractivity contribution in [3.8, 4) is 0 Å². The standard InChI is InChI=1S/C14H27N3O/c1-13(2)7-4-8-14(13,18)10-17-12(15)16-9-11-5-3-6-11/h11,18H,3-10H2,1-2H3,(H3,15,16,17). The Morgan fingerprint density at radius 2 is 2.06 bits per heavy atom. The molecule has 2 saturated carbocycles. The number of rotatable bonds is 4. The van der Waals surface area contributed by atoms with Crippen LogP contribution in [0.4, 0.5) is 0 Å². The third kappa shape index (κ3) is 2.79. The van der Waals surface area contributed by atoms with Crippen LogP contribution < -0.4 is 11.1 Å². The molecule has 18 heavy (non-hydrogen) atoms. The van der Waals surface area contributed by atoms with Crippen LogP contribution in [0.25, 0.3) is 0 Å². The molecule has 0 heterocycles. The van der Waals surface area contributed by atoms with Crippen molar-refractivity contribution in [3.63, 3.8) is 0 Å². The normalized spacial score (nSPS) is 32.3. The van der Waals surface area contributed by atoms with Gasteiger partial charge in [0.15, 0.2) is 5.96 Å². The van der Waals surface area contributed by atoms with Gasteiger partial charge in [0.25, 0.3) is 0 Å². The Kier molecular flexibility index (Phi) is 3.85. The van der Waals surface area contributed by atoms with Gasteiger partial charge in [-0.1, -0.05) is 20.3 Å². The molecule has 0 aliphatic heterocycles. The molecule has 0 amide bonds. The second kappa shape index (κ2) is 5.08. The van der Waals surface area contributed by atoms with Crippen LogP contribution in [0.15, 0.2) is 4.99 Å². The van der Waals surface area contributed by atoms with E-state index in [9.17, 15) is 5.11 Å². The molecule has 0 radical (unpaired) electrons. The molecule has 0 aromatic rings. The van der Waals surface area contributed by atoms with Crippen LogP contribution in [0.1, 0.15) is 52.4 Å². The highest BCUT2D eigenvalue weighted by atomic mass is 16.3. The summed E-state index contributed by atoms with van der Waals surface area (Å²) in [5, 5.41) is 13.8. The summed E-state index contributed by atoms with van der Waals surface area (Å²) in [5.74, 6) is 1.25. The van der Waals surface area contributed by atoms with Gasteiger partial charge >= 0.3 is 0 Å². The fraction of sp³-hybridized carbons (Fsp3) is 0.929. The van der Waals surface area contributed by atoms with Gasteiger partial charge in [0.05, 0.1) is 12.1 Å². The Labute approximate surface area is 110 Å². The number of nitrogens with one attached hydrogen (secondary N) is 1. The summed E-state index contributed by atoms with van der Waals surface area (Å²) < 4.78 is 0. The maximum atomic E-state index is 10.6. The Bertz CT molecular complexity index is 323. The lowest BCUT2D eigenvalue weighted by atomic mass is 9.78. The molecule has 1 atom stereocenters. The molecule has 2 rings (SSSR count). The van der Waals surface area contributed by atoms with Gasteiger partial charge in [-0.25, -0.2) is 0 Å². The zero-order chi connectivity index (χ0) is 13.2. The monoisotopic (exact) mass is 253 g/mol. The largest absolute Gasteiger partial charge is 0.387 e. The predicted molar refractivity (Wildman–Crippen MR) is 74.4 cm³/mol. The summed E-state index contributed by atoms with van der Waals surface area (Å²) in [6.07, 6.45) is 6.92. The maximum Gasteiger partial charge on any atom is 0.188 e. The maximum absolute atomic E-state index is 10.6. The van der Waals surface area contributed by atoms with Crippen molar-refractivity contribution >= 4 is 5.96 Å². The van der Waals surface area contributed by atoms with Crippen LogP contribution in [-0.4, -0.2) is 29.8 Å². The first kappa shape index (κ1) is 13.7. The van der Waals surface area contributed by atoms with Crippen LogP contribution >= 0.6 is 0 Å². The molecule has 2 aliphatic carbocycles. The number of nitrogens with two attached hydrogens (primary N) is 1. The van der Waals surface area contributed by atoms with Crippen molar-refractivity contribution in [2.75, 3.05) is 13.1 Å². The average Bonchev–Trinajstić information content (AvgIpc) is 2.49. The minimum atomic E-state index is -0.685. The Morgan fingerprint density at radius 3 is 2.56 bits per heavy atom. The van der Waals surface area contributed by atoms with Gasteiger partial charge in [-0.15, -0.1) is 0 Å². The number of hydrogen-bond acceptors (Lipinski definition) is 2.